The summed E-state index contributed by atoms with van der Waals surface area (Å²) in [4.78, 5) is 0. The Morgan fingerprint density at radius 1 is 1.33 bits per heavy atom. The molecule has 1 atom stereocenters. The lowest BCUT2D eigenvalue weighted by Gasteiger charge is -2.12. The Morgan fingerprint density at radius 2 is 2.07 bits per heavy atom. The Balaban J connectivity index is 1.97. The average molecular weight is 268 g/mol. The second-order valence-electron chi connectivity index (χ2n) is 4.75. The second-order valence-corrected chi connectivity index (χ2v) is 5.67. The van der Waals surface area contributed by atoms with Gasteiger partial charge in [0.15, 0.2) is 0 Å². The lowest BCUT2D eigenvalue weighted by molar-refractivity contribution is 0.465. The van der Waals surface area contributed by atoms with Gasteiger partial charge in [0.2, 0.25) is 0 Å². The fraction of sp³-hybridized carbons (Fsp3) is 0.538. The van der Waals surface area contributed by atoms with Gasteiger partial charge in [-0.25, -0.2) is 0 Å². The van der Waals surface area contributed by atoms with Crippen molar-refractivity contribution in [1.29, 1.82) is 0 Å². The summed E-state index contributed by atoms with van der Waals surface area (Å²) in [6.07, 6.45) is 2.47. The van der Waals surface area contributed by atoms with Crippen molar-refractivity contribution in [3.63, 3.8) is 0 Å². The number of nitrogens with one attached hydrogen (secondary N) is 1. The fourth-order valence-corrected chi connectivity index (χ4v) is 2.63. The van der Waals surface area contributed by atoms with Crippen LogP contribution in [-0.4, -0.2) is 12.6 Å². The second kappa shape index (κ2) is 4.67. The van der Waals surface area contributed by atoms with Crippen molar-refractivity contribution in [3.8, 4) is 0 Å². The van der Waals surface area contributed by atoms with Crippen LogP contribution in [0.15, 0.2) is 22.7 Å². The van der Waals surface area contributed by atoms with E-state index in [9.17, 15) is 0 Å². The Labute approximate surface area is 100 Å². The fourth-order valence-electron chi connectivity index (χ4n) is 2.22. The number of hydrogen-bond acceptors (Lipinski definition) is 1. The standard InChI is InChI=1S/C13H18BrN/c1-9(2)15-8-10-5-11-3-4-13(14)7-12(11)6-10/h3-4,7,9-10,15H,5-6,8H2,1-2H3. The molecule has 0 spiro atoms. The van der Waals surface area contributed by atoms with E-state index < -0.39 is 0 Å². The summed E-state index contributed by atoms with van der Waals surface area (Å²) in [6.45, 7) is 5.56. The molecule has 0 saturated heterocycles. The van der Waals surface area contributed by atoms with Gasteiger partial charge >= 0.3 is 0 Å². The normalized spacial score (nSPS) is 19.6. The first kappa shape index (κ1) is 11.2. The topological polar surface area (TPSA) is 12.0 Å². The van der Waals surface area contributed by atoms with E-state index in [4.69, 9.17) is 0 Å². The zero-order valence-corrected chi connectivity index (χ0v) is 11.0. The van der Waals surface area contributed by atoms with E-state index in [2.05, 4.69) is 53.3 Å². The third-order valence-corrected chi connectivity index (χ3v) is 3.49. The van der Waals surface area contributed by atoms with E-state index in [-0.39, 0.29) is 0 Å². The van der Waals surface area contributed by atoms with Gasteiger partial charge < -0.3 is 5.32 Å². The van der Waals surface area contributed by atoms with Gasteiger partial charge in [-0.15, -0.1) is 0 Å². The van der Waals surface area contributed by atoms with Crippen molar-refractivity contribution in [2.24, 2.45) is 5.92 Å². The summed E-state index contributed by atoms with van der Waals surface area (Å²) < 4.78 is 1.21. The predicted octanol–water partition coefficient (Wildman–Crippen LogP) is 3.16. The summed E-state index contributed by atoms with van der Waals surface area (Å²) in [7, 11) is 0. The molecule has 1 aliphatic rings. The monoisotopic (exact) mass is 267 g/mol. The molecule has 0 bridgehead atoms. The van der Waals surface area contributed by atoms with E-state index in [1.807, 2.05) is 0 Å². The maximum atomic E-state index is 3.53. The molecule has 0 saturated carbocycles. The minimum Gasteiger partial charge on any atom is -0.314 e. The molecular formula is C13H18BrN. The maximum absolute atomic E-state index is 3.53. The molecule has 1 aromatic carbocycles. The Morgan fingerprint density at radius 3 is 2.80 bits per heavy atom. The molecule has 2 rings (SSSR count). The molecule has 0 fully saturated rings. The molecule has 0 amide bonds. The van der Waals surface area contributed by atoms with Crippen molar-refractivity contribution in [2.45, 2.75) is 32.7 Å². The van der Waals surface area contributed by atoms with Gasteiger partial charge in [-0.05, 0) is 48.6 Å². The molecule has 2 heteroatoms. The van der Waals surface area contributed by atoms with Crippen LogP contribution in [0.5, 0.6) is 0 Å². The molecule has 1 nitrogen and oxygen atoms in total. The molecule has 1 aliphatic carbocycles. The van der Waals surface area contributed by atoms with E-state index in [1.165, 1.54) is 28.4 Å². The molecular weight excluding hydrogens is 250 g/mol. The molecule has 1 aromatic rings. The molecule has 15 heavy (non-hydrogen) atoms. The van der Waals surface area contributed by atoms with E-state index in [0.717, 1.165) is 12.5 Å². The lowest BCUT2D eigenvalue weighted by Crippen LogP contribution is -2.29. The first-order valence-corrected chi connectivity index (χ1v) is 6.45. The molecule has 1 unspecified atom stereocenters. The number of benzene rings is 1. The van der Waals surface area contributed by atoms with Crippen molar-refractivity contribution in [2.75, 3.05) is 6.54 Å². The SMILES string of the molecule is CC(C)NCC1Cc2ccc(Br)cc2C1. The molecule has 0 heterocycles. The first-order chi connectivity index (χ1) is 7.15. The highest BCUT2D eigenvalue weighted by Gasteiger charge is 2.21. The molecule has 0 radical (unpaired) electrons. The summed E-state index contributed by atoms with van der Waals surface area (Å²) >= 11 is 3.53. The summed E-state index contributed by atoms with van der Waals surface area (Å²) in [5.41, 5.74) is 3.06. The van der Waals surface area contributed by atoms with Crippen LogP contribution >= 0.6 is 15.9 Å². The van der Waals surface area contributed by atoms with Crippen LogP contribution in [0.4, 0.5) is 0 Å². The molecule has 1 N–H and O–H groups in total. The van der Waals surface area contributed by atoms with Gasteiger partial charge in [0.25, 0.3) is 0 Å². The van der Waals surface area contributed by atoms with Gasteiger partial charge in [-0.1, -0.05) is 35.8 Å². The van der Waals surface area contributed by atoms with Gasteiger partial charge in [-0.2, -0.15) is 0 Å². The zero-order chi connectivity index (χ0) is 10.8. The minimum atomic E-state index is 0.598. The largest absolute Gasteiger partial charge is 0.314 e. The van der Waals surface area contributed by atoms with Crippen molar-refractivity contribution in [3.05, 3.63) is 33.8 Å². The van der Waals surface area contributed by atoms with E-state index in [0.29, 0.717) is 6.04 Å². The van der Waals surface area contributed by atoms with Crippen molar-refractivity contribution >= 4 is 15.9 Å². The predicted molar refractivity (Wildman–Crippen MR) is 68.2 cm³/mol. The highest BCUT2D eigenvalue weighted by Crippen LogP contribution is 2.28. The lowest BCUT2D eigenvalue weighted by atomic mass is 10.1. The van der Waals surface area contributed by atoms with E-state index in [1.54, 1.807) is 0 Å². The van der Waals surface area contributed by atoms with Crippen LogP contribution < -0.4 is 5.32 Å². The molecule has 0 aromatic heterocycles. The number of halogens is 1. The Bertz CT molecular complexity index is 346. The van der Waals surface area contributed by atoms with Crippen molar-refractivity contribution in [1.82, 2.24) is 5.32 Å². The zero-order valence-electron chi connectivity index (χ0n) is 9.39. The van der Waals surface area contributed by atoms with E-state index >= 15 is 0 Å². The quantitative estimate of drug-likeness (QED) is 0.888. The average Bonchev–Trinajstić information content (AvgIpc) is 2.56. The first-order valence-electron chi connectivity index (χ1n) is 5.66. The maximum Gasteiger partial charge on any atom is 0.0178 e. The van der Waals surface area contributed by atoms with Gasteiger partial charge in [0, 0.05) is 10.5 Å². The third-order valence-electron chi connectivity index (χ3n) is 3.00. The Hall–Kier alpha value is -0.340. The van der Waals surface area contributed by atoms with Crippen LogP contribution in [0.1, 0.15) is 25.0 Å². The molecule has 0 aliphatic heterocycles. The Kier molecular flexibility index (Phi) is 3.47. The number of hydrogen-bond donors (Lipinski definition) is 1. The minimum absolute atomic E-state index is 0.598. The number of rotatable bonds is 3. The van der Waals surface area contributed by atoms with Crippen LogP contribution in [0.3, 0.4) is 0 Å². The van der Waals surface area contributed by atoms with Gasteiger partial charge in [-0.3, -0.25) is 0 Å². The van der Waals surface area contributed by atoms with Gasteiger partial charge in [0.1, 0.15) is 0 Å². The highest BCUT2D eigenvalue weighted by atomic mass is 79.9. The summed E-state index contributed by atoms with van der Waals surface area (Å²) in [5, 5.41) is 3.53. The number of fused-ring (bicyclic) bond motifs is 1. The van der Waals surface area contributed by atoms with Gasteiger partial charge in [0.05, 0.1) is 0 Å². The van der Waals surface area contributed by atoms with Crippen LogP contribution in [0.2, 0.25) is 0 Å². The van der Waals surface area contributed by atoms with Crippen LogP contribution in [0.25, 0.3) is 0 Å². The van der Waals surface area contributed by atoms with Crippen LogP contribution in [-0.2, 0) is 12.8 Å². The van der Waals surface area contributed by atoms with Crippen molar-refractivity contribution < 1.29 is 0 Å². The smallest absolute Gasteiger partial charge is 0.0178 e. The molecule has 82 valence electrons. The third kappa shape index (κ3) is 2.82. The van der Waals surface area contributed by atoms with Crippen LogP contribution in [0, 0.1) is 5.92 Å². The summed E-state index contributed by atoms with van der Waals surface area (Å²) in [5.74, 6) is 0.789. The summed E-state index contributed by atoms with van der Waals surface area (Å²) in [6, 6.07) is 7.27. The highest BCUT2D eigenvalue weighted by molar-refractivity contribution is 9.10.